The normalized spacial score (nSPS) is 12.5. The summed E-state index contributed by atoms with van der Waals surface area (Å²) in [5, 5.41) is 14.3. The largest absolute Gasteiger partial charge is 0.550 e. The molecule has 2 aromatic rings. The highest BCUT2D eigenvalue weighted by Gasteiger charge is 2.18. The van der Waals surface area contributed by atoms with E-state index in [0.717, 1.165) is 5.56 Å². The van der Waals surface area contributed by atoms with Crippen LogP contribution in [-0.2, 0) is 10.2 Å². The van der Waals surface area contributed by atoms with Crippen LogP contribution in [0, 0.1) is 0 Å². The van der Waals surface area contributed by atoms with Gasteiger partial charge in [-0.2, -0.15) is 0 Å². The van der Waals surface area contributed by atoms with Gasteiger partial charge in [0, 0.05) is 23.0 Å². The zero-order valence-electron chi connectivity index (χ0n) is 14.5. The fourth-order valence-corrected chi connectivity index (χ4v) is 2.60. The standard InChI is InChI=1S/C20H22ClNO3/c1-20(2,3)15-8-4-14(5-9-15)19(25)22-17(12-18(23)24)13-6-10-16(21)11-7-13/h4-11,17H,12H2,1-3H3,(H,22,25)(H,23,24)/p-1/t17-/m1/s1. The van der Waals surface area contributed by atoms with Crippen LogP contribution in [0.3, 0.4) is 0 Å². The maximum atomic E-state index is 12.5. The first-order valence-electron chi connectivity index (χ1n) is 8.03. The average molecular weight is 359 g/mol. The van der Waals surface area contributed by atoms with Crippen molar-refractivity contribution in [3.8, 4) is 0 Å². The minimum Gasteiger partial charge on any atom is -0.550 e. The molecule has 0 saturated carbocycles. The number of hydrogen-bond acceptors (Lipinski definition) is 3. The van der Waals surface area contributed by atoms with Gasteiger partial charge in [0.05, 0.1) is 6.04 Å². The number of hydrogen-bond donors (Lipinski definition) is 1. The number of carboxylic acid groups (broad SMARTS) is 1. The molecule has 0 unspecified atom stereocenters. The van der Waals surface area contributed by atoms with Crippen molar-refractivity contribution in [1.29, 1.82) is 0 Å². The summed E-state index contributed by atoms with van der Waals surface area (Å²) in [4.78, 5) is 23.5. The molecule has 0 saturated heterocycles. The van der Waals surface area contributed by atoms with Crippen molar-refractivity contribution >= 4 is 23.5 Å². The number of amides is 1. The molecule has 0 bridgehead atoms. The van der Waals surface area contributed by atoms with E-state index in [1.807, 2.05) is 12.1 Å². The lowest BCUT2D eigenvalue weighted by molar-refractivity contribution is -0.306. The highest BCUT2D eigenvalue weighted by molar-refractivity contribution is 6.30. The van der Waals surface area contributed by atoms with Gasteiger partial charge in [0.1, 0.15) is 0 Å². The van der Waals surface area contributed by atoms with Crippen molar-refractivity contribution in [3.63, 3.8) is 0 Å². The van der Waals surface area contributed by atoms with Gasteiger partial charge in [-0.15, -0.1) is 0 Å². The fourth-order valence-electron chi connectivity index (χ4n) is 2.48. The number of nitrogens with one attached hydrogen (secondary N) is 1. The third-order valence-corrected chi connectivity index (χ3v) is 4.21. The van der Waals surface area contributed by atoms with Gasteiger partial charge in [0.2, 0.25) is 0 Å². The predicted octanol–water partition coefficient (Wildman–Crippen LogP) is 3.25. The summed E-state index contributed by atoms with van der Waals surface area (Å²) in [6.45, 7) is 6.29. The highest BCUT2D eigenvalue weighted by Crippen LogP contribution is 2.23. The van der Waals surface area contributed by atoms with E-state index in [0.29, 0.717) is 16.1 Å². The van der Waals surface area contributed by atoms with Gasteiger partial charge in [-0.1, -0.05) is 56.6 Å². The molecule has 0 aliphatic heterocycles. The average Bonchev–Trinajstić information content (AvgIpc) is 2.54. The summed E-state index contributed by atoms with van der Waals surface area (Å²) < 4.78 is 0. The Hall–Kier alpha value is -2.33. The van der Waals surface area contributed by atoms with Crippen LogP contribution >= 0.6 is 11.6 Å². The van der Waals surface area contributed by atoms with Gasteiger partial charge in [-0.25, -0.2) is 0 Å². The fraction of sp³-hybridized carbons (Fsp3) is 0.300. The third kappa shape index (κ3) is 5.33. The predicted molar refractivity (Wildman–Crippen MR) is 96.4 cm³/mol. The first-order chi connectivity index (χ1) is 11.7. The lowest BCUT2D eigenvalue weighted by Crippen LogP contribution is -2.34. The molecule has 25 heavy (non-hydrogen) atoms. The molecule has 0 spiro atoms. The van der Waals surface area contributed by atoms with Crippen LogP contribution in [0.15, 0.2) is 48.5 Å². The monoisotopic (exact) mass is 358 g/mol. The number of benzene rings is 2. The summed E-state index contributed by atoms with van der Waals surface area (Å²) in [6.07, 6.45) is -0.312. The van der Waals surface area contributed by atoms with E-state index in [4.69, 9.17) is 11.6 Å². The first-order valence-corrected chi connectivity index (χ1v) is 8.41. The van der Waals surface area contributed by atoms with Crippen LogP contribution in [0.1, 0.15) is 54.7 Å². The molecule has 1 amide bonds. The molecular formula is C20H21ClNO3-. The van der Waals surface area contributed by atoms with E-state index in [1.165, 1.54) is 0 Å². The Balaban J connectivity index is 2.19. The second kappa shape index (κ2) is 7.70. The molecule has 0 aromatic heterocycles. The maximum Gasteiger partial charge on any atom is 0.251 e. The van der Waals surface area contributed by atoms with Crippen LogP contribution in [-0.4, -0.2) is 11.9 Å². The van der Waals surface area contributed by atoms with Crippen LogP contribution in [0.2, 0.25) is 5.02 Å². The smallest absolute Gasteiger partial charge is 0.251 e. The second-order valence-electron chi connectivity index (χ2n) is 6.98. The Morgan fingerprint density at radius 3 is 2.08 bits per heavy atom. The molecule has 5 heteroatoms. The van der Waals surface area contributed by atoms with Gasteiger partial charge >= 0.3 is 0 Å². The number of halogens is 1. The summed E-state index contributed by atoms with van der Waals surface area (Å²) in [6, 6.07) is 13.3. The minimum atomic E-state index is -1.23. The topological polar surface area (TPSA) is 69.2 Å². The summed E-state index contributed by atoms with van der Waals surface area (Å²) in [5.41, 5.74) is 2.25. The van der Waals surface area contributed by atoms with Gasteiger partial charge in [0.15, 0.2) is 0 Å². The van der Waals surface area contributed by atoms with Crippen molar-refractivity contribution in [2.45, 2.75) is 38.6 Å². The molecule has 132 valence electrons. The summed E-state index contributed by atoms with van der Waals surface area (Å²) >= 11 is 5.86. The van der Waals surface area contributed by atoms with Crippen molar-refractivity contribution < 1.29 is 14.7 Å². The Morgan fingerprint density at radius 1 is 1.04 bits per heavy atom. The molecule has 1 atom stereocenters. The number of carbonyl (C=O) groups excluding carboxylic acids is 2. The molecule has 1 N–H and O–H groups in total. The van der Waals surface area contributed by atoms with Crippen LogP contribution in [0.4, 0.5) is 0 Å². The van der Waals surface area contributed by atoms with E-state index in [-0.39, 0.29) is 17.7 Å². The Bertz CT molecular complexity index is 746. The Kier molecular flexibility index (Phi) is 5.85. The third-order valence-electron chi connectivity index (χ3n) is 3.96. The molecule has 0 aliphatic carbocycles. The van der Waals surface area contributed by atoms with E-state index in [1.54, 1.807) is 36.4 Å². The van der Waals surface area contributed by atoms with E-state index in [9.17, 15) is 14.7 Å². The van der Waals surface area contributed by atoms with Crippen molar-refractivity contribution in [1.82, 2.24) is 5.32 Å². The molecular weight excluding hydrogens is 338 g/mol. The Morgan fingerprint density at radius 2 is 1.60 bits per heavy atom. The Labute approximate surface area is 152 Å². The molecule has 4 nitrogen and oxygen atoms in total. The van der Waals surface area contributed by atoms with Gasteiger partial charge in [-0.05, 0) is 40.8 Å². The number of aliphatic carboxylic acids is 1. The van der Waals surface area contributed by atoms with Crippen molar-refractivity contribution in [3.05, 3.63) is 70.2 Å². The van der Waals surface area contributed by atoms with Crippen molar-refractivity contribution in [2.75, 3.05) is 0 Å². The molecule has 0 heterocycles. The molecule has 2 rings (SSSR count). The molecule has 0 aliphatic rings. The van der Waals surface area contributed by atoms with Gasteiger partial charge in [-0.3, -0.25) is 4.79 Å². The minimum absolute atomic E-state index is 0.00414. The second-order valence-corrected chi connectivity index (χ2v) is 7.42. The zero-order chi connectivity index (χ0) is 18.6. The van der Waals surface area contributed by atoms with Crippen LogP contribution < -0.4 is 10.4 Å². The SMILES string of the molecule is CC(C)(C)c1ccc(C(=O)N[C@H](CC(=O)[O-])c2ccc(Cl)cc2)cc1. The lowest BCUT2D eigenvalue weighted by atomic mass is 9.86. The summed E-state index contributed by atoms with van der Waals surface area (Å²) in [5.74, 6) is -1.56. The molecule has 2 aromatic carbocycles. The molecule has 0 fully saturated rings. The van der Waals surface area contributed by atoms with Crippen molar-refractivity contribution in [2.24, 2.45) is 0 Å². The number of carboxylic acids is 1. The number of rotatable bonds is 5. The van der Waals surface area contributed by atoms with Gasteiger partial charge in [0.25, 0.3) is 5.91 Å². The maximum absolute atomic E-state index is 12.5. The van der Waals surface area contributed by atoms with Crippen LogP contribution in [0.25, 0.3) is 0 Å². The first kappa shape index (κ1) is 19.0. The molecule has 0 radical (unpaired) electrons. The van der Waals surface area contributed by atoms with Crippen LogP contribution in [0.5, 0.6) is 0 Å². The lowest BCUT2D eigenvalue weighted by Gasteiger charge is -2.21. The van der Waals surface area contributed by atoms with E-state index < -0.39 is 12.0 Å². The number of carbonyl (C=O) groups is 2. The van der Waals surface area contributed by atoms with Gasteiger partial charge < -0.3 is 15.2 Å². The van der Waals surface area contributed by atoms with E-state index >= 15 is 0 Å². The zero-order valence-corrected chi connectivity index (χ0v) is 15.3. The summed E-state index contributed by atoms with van der Waals surface area (Å²) in [7, 11) is 0. The van der Waals surface area contributed by atoms with E-state index in [2.05, 4.69) is 26.1 Å². The highest BCUT2D eigenvalue weighted by atomic mass is 35.5. The quantitative estimate of drug-likeness (QED) is 0.891.